The molecule has 1 amide bonds. The molecule has 0 spiro atoms. The van der Waals surface area contributed by atoms with Crippen molar-refractivity contribution < 1.29 is 14.1 Å². The third kappa shape index (κ3) is 5.15. The van der Waals surface area contributed by atoms with Crippen LogP contribution in [0.1, 0.15) is 28.7 Å². The van der Waals surface area contributed by atoms with E-state index in [9.17, 15) is 4.79 Å². The average molecular weight is 452 g/mol. The Morgan fingerprint density at radius 3 is 2.81 bits per heavy atom. The highest BCUT2D eigenvalue weighted by Gasteiger charge is 2.16. The molecule has 2 heterocycles. The highest BCUT2D eigenvalue weighted by molar-refractivity contribution is 7.98. The molecule has 0 saturated carbocycles. The Bertz CT molecular complexity index is 1190. The molecule has 6 nitrogen and oxygen atoms in total. The summed E-state index contributed by atoms with van der Waals surface area (Å²) in [7, 11) is 0. The quantitative estimate of drug-likeness (QED) is 0.329. The molecule has 1 N–H and O–H groups in total. The van der Waals surface area contributed by atoms with Crippen molar-refractivity contribution in [3.05, 3.63) is 77.0 Å². The number of aryl methyl sites for hydroxylation is 1. The van der Waals surface area contributed by atoms with Gasteiger partial charge in [-0.2, -0.15) is 0 Å². The number of thiazole rings is 1. The summed E-state index contributed by atoms with van der Waals surface area (Å²) >= 11 is 2.92. The van der Waals surface area contributed by atoms with Crippen LogP contribution in [0.5, 0.6) is 5.75 Å². The molecular weight excluding hydrogens is 430 g/mol. The van der Waals surface area contributed by atoms with Crippen LogP contribution >= 0.6 is 23.1 Å². The van der Waals surface area contributed by atoms with E-state index in [1.165, 1.54) is 23.1 Å². The van der Waals surface area contributed by atoms with Gasteiger partial charge in [-0.25, -0.2) is 4.98 Å². The van der Waals surface area contributed by atoms with E-state index >= 15 is 0 Å². The van der Waals surface area contributed by atoms with Gasteiger partial charge in [-0.1, -0.05) is 29.4 Å². The molecule has 4 rings (SSSR count). The summed E-state index contributed by atoms with van der Waals surface area (Å²) in [5, 5.41) is 9.28. The number of carbonyl (C=O) groups is 1. The zero-order chi connectivity index (χ0) is 21.6. The minimum absolute atomic E-state index is 0.198. The highest BCUT2D eigenvalue weighted by Crippen LogP contribution is 2.33. The number of rotatable bonds is 8. The van der Waals surface area contributed by atoms with Crippen molar-refractivity contribution in [3.8, 4) is 17.0 Å². The molecule has 0 saturated heterocycles. The van der Waals surface area contributed by atoms with Crippen LogP contribution in [0.25, 0.3) is 11.3 Å². The molecule has 0 bridgehead atoms. The van der Waals surface area contributed by atoms with Gasteiger partial charge in [0.15, 0.2) is 5.13 Å². The maximum Gasteiger partial charge on any atom is 0.258 e. The lowest BCUT2D eigenvalue weighted by Gasteiger charge is -2.08. The molecule has 8 heteroatoms. The van der Waals surface area contributed by atoms with Crippen molar-refractivity contribution >= 4 is 34.1 Å². The fraction of sp³-hybridized carbons (Fsp3) is 0.174. The SMILES string of the molecule is CCOc1ccccc1-c1csc(NC(=O)c2ccccc2SCc2cc(C)no2)n1. The molecule has 0 aliphatic carbocycles. The number of aromatic nitrogens is 2. The van der Waals surface area contributed by atoms with E-state index in [0.717, 1.165) is 33.4 Å². The zero-order valence-corrected chi connectivity index (χ0v) is 18.8. The van der Waals surface area contributed by atoms with Crippen molar-refractivity contribution in [2.45, 2.75) is 24.5 Å². The van der Waals surface area contributed by atoms with Gasteiger partial charge in [-0.15, -0.1) is 23.1 Å². The summed E-state index contributed by atoms with van der Waals surface area (Å²) in [5.74, 6) is 1.95. The molecule has 31 heavy (non-hydrogen) atoms. The van der Waals surface area contributed by atoms with Crippen molar-refractivity contribution in [2.24, 2.45) is 0 Å². The number of hydrogen-bond acceptors (Lipinski definition) is 7. The monoisotopic (exact) mass is 451 g/mol. The Balaban J connectivity index is 1.48. The normalized spacial score (nSPS) is 10.8. The van der Waals surface area contributed by atoms with Crippen LogP contribution in [0.2, 0.25) is 0 Å². The number of para-hydroxylation sites is 1. The molecule has 0 aliphatic heterocycles. The smallest absolute Gasteiger partial charge is 0.258 e. The largest absolute Gasteiger partial charge is 0.493 e. The molecular formula is C23H21N3O3S2. The number of ether oxygens (including phenoxy) is 1. The number of anilines is 1. The summed E-state index contributed by atoms with van der Waals surface area (Å²) in [6.07, 6.45) is 0. The van der Waals surface area contributed by atoms with E-state index in [1.54, 1.807) is 0 Å². The first-order valence-electron chi connectivity index (χ1n) is 9.77. The van der Waals surface area contributed by atoms with Crippen molar-refractivity contribution in [1.29, 1.82) is 0 Å². The molecule has 2 aromatic heterocycles. The molecule has 0 radical (unpaired) electrons. The van der Waals surface area contributed by atoms with Gasteiger partial charge in [-0.05, 0) is 38.1 Å². The van der Waals surface area contributed by atoms with Gasteiger partial charge in [0, 0.05) is 21.9 Å². The first-order valence-corrected chi connectivity index (χ1v) is 11.6. The van der Waals surface area contributed by atoms with Gasteiger partial charge in [0.2, 0.25) is 0 Å². The number of hydrogen-bond donors (Lipinski definition) is 1. The van der Waals surface area contributed by atoms with E-state index in [-0.39, 0.29) is 5.91 Å². The number of nitrogens with one attached hydrogen (secondary N) is 1. The Labute approximate surface area is 188 Å². The van der Waals surface area contributed by atoms with Crippen LogP contribution in [-0.2, 0) is 5.75 Å². The molecule has 0 aliphatic rings. The minimum atomic E-state index is -0.198. The van der Waals surface area contributed by atoms with Gasteiger partial charge >= 0.3 is 0 Å². The summed E-state index contributed by atoms with van der Waals surface area (Å²) in [4.78, 5) is 18.4. The lowest BCUT2D eigenvalue weighted by Crippen LogP contribution is -2.12. The molecule has 0 unspecified atom stereocenters. The second-order valence-electron chi connectivity index (χ2n) is 6.64. The molecule has 0 atom stereocenters. The number of amides is 1. The molecule has 4 aromatic rings. The number of carbonyl (C=O) groups excluding carboxylic acids is 1. The summed E-state index contributed by atoms with van der Waals surface area (Å²) in [6.45, 7) is 4.41. The molecule has 158 valence electrons. The second-order valence-corrected chi connectivity index (χ2v) is 8.52. The van der Waals surface area contributed by atoms with Gasteiger partial charge in [0.05, 0.1) is 29.3 Å². The fourth-order valence-corrected chi connectivity index (χ4v) is 4.62. The maximum atomic E-state index is 12.9. The van der Waals surface area contributed by atoms with Crippen LogP contribution in [0.4, 0.5) is 5.13 Å². The van der Waals surface area contributed by atoms with Gasteiger partial charge in [0.25, 0.3) is 5.91 Å². The lowest BCUT2D eigenvalue weighted by atomic mass is 10.1. The predicted molar refractivity (Wildman–Crippen MR) is 124 cm³/mol. The van der Waals surface area contributed by atoms with Crippen molar-refractivity contribution in [3.63, 3.8) is 0 Å². The Morgan fingerprint density at radius 1 is 1.19 bits per heavy atom. The summed E-state index contributed by atoms with van der Waals surface area (Å²) in [5.41, 5.74) is 3.11. The Morgan fingerprint density at radius 2 is 2.00 bits per heavy atom. The van der Waals surface area contributed by atoms with Gasteiger partial charge in [-0.3, -0.25) is 10.1 Å². The standard InChI is InChI=1S/C23H21N3O3S2/c1-3-28-20-10-6-4-8-17(20)19-14-31-23(24-19)25-22(27)18-9-5-7-11-21(18)30-13-16-12-15(2)26-29-16/h4-12,14H,3,13H2,1-2H3,(H,24,25,27). The Hall–Kier alpha value is -3.10. The number of nitrogens with zero attached hydrogens (tertiary/aromatic N) is 2. The van der Waals surface area contributed by atoms with Gasteiger partial charge in [0.1, 0.15) is 11.5 Å². The van der Waals surface area contributed by atoms with E-state index in [4.69, 9.17) is 9.26 Å². The third-order valence-corrected chi connectivity index (χ3v) is 6.22. The lowest BCUT2D eigenvalue weighted by molar-refractivity contribution is 0.102. The summed E-state index contributed by atoms with van der Waals surface area (Å²) < 4.78 is 11.0. The van der Waals surface area contributed by atoms with Crippen molar-refractivity contribution in [1.82, 2.24) is 10.1 Å². The van der Waals surface area contributed by atoms with Crippen LogP contribution in [0.3, 0.4) is 0 Å². The summed E-state index contributed by atoms with van der Waals surface area (Å²) in [6, 6.07) is 17.1. The highest BCUT2D eigenvalue weighted by atomic mass is 32.2. The predicted octanol–water partition coefficient (Wildman–Crippen LogP) is 6.05. The second kappa shape index (κ2) is 9.80. The van der Waals surface area contributed by atoms with E-state index < -0.39 is 0 Å². The first-order chi connectivity index (χ1) is 15.1. The first kappa shape index (κ1) is 21.1. The molecule has 2 aromatic carbocycles. The minimum Gasteiger partial charge on any atom is -0.493 e. The van der Waals surface area contributed by atoms with Crippen LogP contribution in [-0.4, -0.2) is 22.7 Å². The maximum absolute atomic E-state index is 12.9. The van der Waals surface area contributed by atoms with E-state index in [0.29, 0.717) is 23.1 Å². The third-order valence-electron chi connectivity index (χ3n) is 4.37. The van der Waals surface area contributed by atoms with Crippen LogP contribution in [0, 0.1) is 6.92 Å². The van der Waals surface area contributed by atoms with Crippen LogP contribution < -0.4 is 10.1 Å². The Kier molecular flexibility index (Phi) is 6.69. The number of benzene rings is 2. The topological polar surface area (TPSA) is 77.2 Å². The van der Waals surface area contributed by atoms with Crippen LogP contribution in [0.15, 0.2) is 69.4 Å². The number of thioether (sulfide) groups is 1. The van der Waals surface area contributed by atoms with Gasteiger partial charge < -0.3 is 9.26 Å². The fourth-order valence-electron chi connectivity index (χ4n) is 2.99. The van der Waals surface area contributed by atoms with Crippen molar-refractivity contribution in [2.75, 3.05) is 11.9 Å². The zero-order valence-electron chi connectivity index (χ0n) is 17.1. The van der Waals surface area contributed by atoms with E-state index in [2.05, 4.69) is 15.5 Å². The van der Waals surface area contributed by atoms with E-state index in [1.807, 2.05) is 73.8 Å². The molecule has 0 fully saturated rings. The average Bonchev–Trinajstić information content (AvgIpc) is 3.42.